The van der Waals surface area contributed by atoms with Gasteiger partial charge >= 0.3 is 17.9 Å². The van der Waals surface area contributed by atoms with Crippen LogP contribution in [0, 0.1) is 17.3 Å². The molecular weight excluding hydrogens is 775 g/mol. The highest BCUT2D eigenvalue weighted by atomic mass is 19.3. The fourth-order valence-corrected chi connectivity index (χ4v) is 12.4. The molecule has 0 saturated carbocycles. The van der Waals surface area contributed by atoms with Crippen LogP contribution >= 0.6 is 0 Å². The average molecular weight is 833 g/mol. The summed E-state index contributed by atoms with van der Waals surface area (Å²) in [6, 6.07) is 11.5. The highest BCUT2D eigenvalue weighted by Crippen LogP contribution is 2.61. The molecule has 1 spiro atoms. The zero-order valence-corrected chi connectivity index (χ0v) is 35.9. The first-order valence-corrected chi connectivity index (χ1v) is 21.0. The molecule has 0 radical (unpaired) electrons. The minimum atomic E-state index is -2.92. The van der Waals surface area contributed by atoms with Gasteiger partial charge in [-0.2, -0.15) is 0 Å². The summed E-state index contributed by atoms with van der Waals surface area (Å²) in [6.45, 7) is 8.50. The second-order valence-electron chi connectivity index (χ2n) is 18.3. The number of rotatable bonds is 9. The summed E-state index contributed by atoms with van der Waals surface area (Å²) in [4.78, 5) is 51.7. The van der Waals surface area contributed by atoms with E-state index in [4.69, 9.17) is 18.9 Å². The maximum absolute atomic E-state index is 15.3. The summed E-state index contributed by atoms with van der Waals surface area (Å²) >= 11 is 0. The number of aromatic amines is 1. The fraction of sp³-hybridized carbons (Fsp3) is 0.587. The Hall–Kier alpha value is -4.53. The summed E-state index contributed by atoms with van der Waals surface area (Å²) < 4.78 is 53.9. The predicted molar refractivity (Wildman–Crippen MR) is 221 cm³/mol. The molecule has 8 rings (SSSR count). The number of fused-ring (bicyclic) bond motifs is 9. The third-order valence-corrected chi connectivity index (χ3v) is 14.8. The second-order valence-corrected chi connectivity index (χ2v) is 18.3. The quantitative estimate of drug-likeness (QED) is 0.156. The Labute approximate surface area is 350 Å². The number of hydrogen-bond donors (Lipinski definition) is 2. The molecular formula is C46H58F2N4O8. The molecule has 0 amide bonds. The Balaban J connectivity index is 1.40. The van der Waals surface area contributed by atoms with Crippen LogP contribution in [0.5, 0.6) is 5.75 Å². The Kier molecular flexibility index (Phi) is 10.4. The number of methoxy groups -OCH3 is 3. The number of piperidine rings is 1. The van der Waals surface area contributed by atoms with Gasteiger partial charge in [0, 0.05) is 103 Å². The van der Waals surface area contributed by atoms with Gasteiger partial charge in [-0.25, -0.2) is 13.6 Å². The zero-order valence-electron chi connectivity index (χ0n) is 35.9. The van der Waals surface area contributed by atoms with Crippen LogP contribution in [0.2, 0.25) is 0 Å². The number of alkyl halides is 2. The van der Waals surface area contributed by atoms with Gasteiger partial charge in [0.25, 0.3) is 0 Å². The van der Waals surface area contributed by atoms with Gasteiger partial charge in [-0.05, 0) is 75.3 Å². The molecule has 5 aliphatic heterocycles. The van der Waals surface area contributed by atoms with Gasteiger partial charge in [0.15, 0.2) is 11.7 Å². The number of esters is 3. The lowest BCUT2D eigenvalue weighted by atomic mass is 9.57. The van der Waals surface area contributed by atoms with Crippen molar-refractivity contribution in [3.8, 4) is 5.75 Å². The molecule has 2 bridgehead atoms. The molecule has 9 atom stereocenters. The van der Waals surface area contributed by atoms with Crippen LogP contribution < -0.4 is 9.64 Å². The van der Waals surface area contributed by atoms with E-state index >= 15 is 13.6 Å². The minimum absolute atomic E-state index is 0.189. The maximum Gasteiger partial charge on any atom is 0.341 e. The number of hydrogen-bond acceptors (Lipinski definition) is 11. The van der Waals surface area contributed by atoms with E-state index in [1.807, 2.05) is 56.5 Å². The van der Waals surface area contributed by atoms with Gasteiger partial charge in [-0.15, -0.1) is 0 Å². The van der Waals surface area contributed by atoms with Crippen LogP contribution in [-0.2, 0) is 46.0 Å². The van der Waals surface area contributed by atoms with Gasteiger partial charge in [-0.3, -0.25) is 19.4 Å². The van der Waals surface area contributed by atoms with E-state index < -0.39 is 63.7 Å². The Morgan fingerprint density at radius 1 is 1.07 bits per heavy atom. The van der Waals surface area contributed by atoms with Crippen molar-refractivity contribution in [2.45, 2.75) is 94.4 Å². The molecule has 0 aliphatic carbocycles. The molecule has 3 aromatic rings. The smallest absolute Gasteiger partial charge is 0.341 e. The number of anilines is 1. The minimum Gasteiger partial charge on any atom is -0.496 e. The molecule has 12 nitrogen and oxygen atoms in total. The van der Waals surface area contributed by atoms with Crippen molar-refractivity contribution in [2.24, 2.45) is 17.3 Å². The lowest BCUT2D eigenvalue weighted by Gasteiger charge is -2.54. The average Bonchev–Trinajstić information content (AvgIpc) is 3.87. The Morgan fingerprint density at radius 2 is 1.82 bits per heavy atom. The molecule has 2 aromatic carbocycles. The van der Waals surface area contributed by atoms with Crippen LogP contribution in [0.1, 0.15) is 75.8 Å². The largest absolute Gasteiger partial charge is 0.496 e. The molecule has 60 heavy (non-hydrogen) atoms. The van der Waals surface area contributed by atoms with E-state index in [-0.39, 0.29) is 25.3 Å². The first-order valence-electron chi connectivity index (χ1n) is 21.0. The van der Waals surface area contributed by atoms with E-state index in [1.165, 1.54) is 28.1 Å². The topological polar surface area (TPSA) is 134 Å². The maximum atomic E-state index is 15.3. The van der Waals surface area contributed by atoms with Crippen molar-refractivity contribution in [3.05, 3.63) is 70.9 Å². The molecule has 2 N–H and O–H groups in total. The van der Waals surface area contributed by atoms with Crippen LogP contribution in [0.15, 0.2) is 48.6 Å². The SMILES string of the molecule is CC[C@@]1([C@@H](OC(C)=O)C(C)(O)C(=O)OC)C=CCN2CC[C@]3(CN(C)c4cc(OC)c([C@@]5(C(=O)OC)C[C@@H]6C[C@H](C(C)(F)F)CN(Cc7c5[nH]c5ccccc75)C6)cc43)[C@@H]21. The molecule has 1 aromatic heterocycles. The Morgan fingerprint density at radius 3 is 2.48 bits per heavy atom. The van der Waals surface area contributed by atoms with E-state index in [0.29, 0.717) is 62.6 Å². The number of likely N-dealkylation sites (N-methyl/N-ethyl adjacent to an activating group) is 1. The van der Waals surface area contributed by atoms with E-state index in [1.54, 1.807) is 7.11 Å². The molecule has 6 heterocycles. The van der Waals surface area contributed by atoms with Crippen LogP contribution in [0.25, 0.3) is 10.9 Å². The van der Waals surface area contributed by atoms with Crippen molar-refractivity contribution in [3.63, 3.8) is 0 Å². The van der Waals surface area contributed by atoms with E-state index in [0.717, 1.165) is 34.6 Å². The molecule has 2 saturated heterocycles. The van der Waals surface area contributed by atoms with Gasteiger partial charge < -0.3 is 33.9 Å². The molecule has 5 aliphatic rings. The Bertz CT molecular complexity index is 2240. The number of carbonyl (C=O) groups excluding carboxylic acids is 3. The normalized spacial score (nSPS) is 31.4. The number of benzene rings is 2. The first-order chi connectivity index (χ1) is 28.4. The van der Waals surface area contributed by atoms with Gasteiger partial charge in [0.05, 0.1) is 21.3 Å². The summed E-state index contributed by atoms with van der Waals surface area (Å²) in [7, 11) is 6.16. The molecule has 2 fully saturated rings. The first kappa shape index (κ1) is 42.2. The van der Waals surface area contributed by atoms with Crippen molar-refractivity contribution in [1.29, 1.82) is 0 Å². The summed E-state index contributed by atoms with van der Waals surface area (Å²) in [5.74, 6) is -5.75. The number of aliphatic hydroxyl groups is 1. The number of ether oxygens (including phenoxy) is 4. The number of nitrogens with zero attached hydrogens (tertiary/aromatic N) is 3. The van der Waals surface area contributed by atoms with E-state index in [9.17, 15) is 14.7 Å². The number of H-pyrrole nitrogens is 1. The predicted octanol–water partition coefficient (Wildman–Crippen LogP) is 5.72. The summed E-state index contributed by atoms with van der Waals surface area (Å²) in [5.41, 5.74) is -0.760. The fourth-order valence-electron chi connectivity index (χ4n) is 12.4. The number of para-hydroxylation sites is 1. The van der Waals surface area contributed by atoms with Crippen LogP contribution in [0.4, 0.5) is 14.5 Å². The monoisotopic (exact) mass is 832 g/mol. The molecule has 2 unspecified atom stereocenters. The third-order valence-electron chi connectivity index (χ3n) is 14.8. The third kappa shape index (κ3) is 6.17. The lowest BCUT2D eigenvalue weighted by molar-refractivity contribution is -0.200. The van der Waals surface area contributed by atoms with E-state index in [2.05, 4.69) is 25.8 Å². The second kappa shape index (κ2) is 14.8. The van der Waals surface area contributed by atoms with Crippen molar-refractivity contribution < 1.29 is 47.2 Å². The zero-order chi connectivity index (χ0) is 43.2. The van der Waals surface area contributed by atoms with Crippen molar-refractivity contribution >= 4 is 34.5 Å². The summed E-state index contributed by atoms with van der Waals surface area (Å²) in [6.07, 6.45) is 4.18. The van der Waals surface area contributed by atoms with Gasteiger partial charge in [-0.1, -0.05) is 37.3 Å². The standard InChI is InChI=1S/C46H58F2N4O8/c1-9-44(39(60-27(2)53)42(3,56)40(54)58-7)15-12-17-52-18-16-45(38(44)52)26-50(5)35-21-36(57-6)33(20-32(35)45)46(41(55)59-8)22-28-19-29(43(4,47)48)24-51(23-28)25-31-30-13-10-11-14-34(30)49-37(31)46/h10-15,20-21,28-29,38-39,49,56H,9,16-19,22-26H2,1-8H3/t28-,29-,38-,39-,42?,44+,45+,46-/m0/s1. The van der Waals surface area contributed by atoms with Crippen molar-refractivity contribution in [1.82, 2.24) is 14.8 Å². The number of halogens is 2. The number of nitrogens with one attached hydrogen (secondary N) is 1. The van der Waals surface area contributed by atoms with Crippen LogP contribution in [0.3, 0.4) is 0 Å². The summed E-state index contributed by atoms with van der Waals surface area (Å²) in [5, 5.41) is 13.0. The number of aromatic nitrogens is 1. The van der Waals surface area contributed by atoms with Crippen molar-refractivity contribution in [2.75, 3.05) is 66.0 Å². The highest BCUT2D eigenvalue weighted by molar-refractivity contribution is 5.94. The molecule has 324 valence electrons. The molecule has 14 heteroatoms. The lowest BCUT2D eigenvalue weighted by Crippen LogP contribution is -2.67. The van der Waals surface area contributed by atoms with Gasteiger partial charge in [0.1, 0.15) is 11.2 Å². The van der Waals surface area contributed by atoms with Crippen LogP contribution in [-0.4, -0.2) is 123 Å². The highest BCUT2D eigenvalue weighted by Gasteiger charge is 2.67. The van der Waals surface area contributed by atoms with Gasteiger partial charge in [0.2, 0.25) is 5.92 Å². The number of carbonyl (C=O) groups is 3.